The lowest BCUT2D eigenvalue weighted by Gasteiger charge is -2.17. The van der Waals surface area contributed by atoms with E-state index < -0.39 is 0 Å². The Morgan fingerprint density at radius 1 is 1.33 bits per heavy atom. The van der Waals surface area contributed by atoms with Crippen molar-refractivity contribution < 1.29 is 0 Å². The van der Waals surface area contributed by atoms with Gasteiger partial charge in [0.15, 0.2) is 0 Å². The van der Waals surface area contributed by atoms with Crippen molar-refractivity contribution >= 4 is 22.3 Å². The minimum absolute atomic E-state index is 0.0994. The lowest BCUT2D eigenvalue weighted by atomic mass is 9.98. The molecule has 0 fully saturated rings. The van der Waals surface area contributed by atoms with Gasteiger partial charge in [-0.1, -0.05) is 36.0 Å². The van der Waals surface area contributed by atoms with E-state index in [9.17, 15) is 0 Å². The molecule has 0 saturated heterocycles. The van der Waals surface area contributed by atoms with Crippen LogP contribution < -0.4 is 11.3 Å². The van der Waals surface area contributed by atoms with E-state index in [0.717, 1.165) is 39.7 Å². The van der Waals surface area contributed by atoms with E-state index in [1.165, 1.54) is 11.5 Å². The van der Waals surface area contributed by atoms with Crippen LogP contribution in [0, 0.1) is 0 Å². The fourth-order valence-corrected chi connectivity index (χ4v) is 3.33. The number of nitrogens with one attached hydrogen (secondary N) is 1. The third-order valence-electron chi connectivity index (χ3n) is 3.53. The summed E-state index contributed by atoms with van der Waals surface area (Å²) in [6, 6.07) is 8.08. The number of aromatic nitrogens is 3. The molecule has 6 heteroatoms. The molecular weight excluding hydrogens is 282 g/mol. The van der Waals surface area contributed by atoms with Crippen LogP contribution in [0.25, 0.3) is 10.8 Å². The van der Waals surface area contributed by atoms with Gasteiger partial charge in [0.1, 0.15) is 0 Å². The van der Waals surface area contributed by atoms with E-state index >= 15 is 0 Å². The second kappa shape index (κ2) is 6.26. The van der Waals surface area contributed by atoms with Gasteiger partial charge in [-0.25, -0.2) is 5.43 Å². The molecule has 0 bridgehead atoms. The van der Waals surface area contributed by atoms with Gasteiger partial charge in [0.05, 0.1) is 16.6 Å². The number of rotatable bonds is 5. The van der Waals surface area contributed by atoms with Gasteiger partial charge in [-0.2, -0.15) is 0 Å². The molecule has 1 atom stereocenters. The fourth-order valence-electron chi connectivity index (χ4n) is 2.55. The molecule has 2 heterocycles. The zero-order valence-electron chi connectivity index (χ0n) is 11.8. The van der Waals surface area contributed by atoms with Crippen molar-refractivity contribution in [1.29, 1.82) is 0 Å². The molecule has 1 aromatic carbocycles. The molecule has 0 aliphatic rings. The molecule has 3 N–H and O–H groups in total. The highest BCUT2D eigenvalue weighted by molar-refractivity contribution is 7.05. The molecule has 108 valence electrons. The van der Waals surface area contributed by atoms with Gasteiger partial charge in [-0.3, -0.25) is 10.8 Å². The van der Waals surface area contributed by atoms with Gasteiger partial charge < -0.3 is 0 Å². The SMILES string of the molecule is CCCc1nnsc1C(NN)c1cccc2cnccc12. The summed E-state index contributed by atoms with van der Waals surface area (Å²) in [6.07, 6.45) is 5.62. The summed E-state index contributed by atoms with van der Waals surface area (Å²) in [5, 5.41) is 6.49. The third kappa shape index (κ3) is 2.65. The van der Waals surface area contributed by atoms with Crippen molar-refractivity contribution in [3.63, 3.8) is 0 Å². The molecular formula is C15H17N5S. The number of benzene rings is 1. The Morgan fingerprint density at radius 3 is 3.05 bits per heavy atom. The monoisotopic (exact) mass is 299 g/mol. The fraction of sp³-hybridized carbons (Fsp3) is 0.267. The topological polar surface area (TPSA) is 76.7 Å². The number of fused-ring (bicyclic) bond motifs is 1. The Labute approximate surface area is 127 Å². The largest absolute Gasteiger partial charge is 0.271 e. The average molecular weight is 299 g/mol. The molecule has 0 amide bonds. The second-order valence-corrected chi connectivity index (χ2v) is 5.66. The number of hydrogen-bond donors (Lipinski definition) is 2. The first-order chi connectivity index (χ1) is 10.3. The van der Waals surface area contributed by atoms with Gasteiger partial charge in [-0.05, 0) is 35.0 Å². The van der Waals surface area contributed by atoms with Gasteiger partial charge in [-0.15, -0.1) is 5.10 Å². The van der Waals surface area contributed by atoms with Crippen LogP contribution in [0.3, 0.4) is 0 Å². The molecule has 0 aliphatic heterocycles. The quantitative estimate of drug-likeness (QED) is 0.559. The van der Waals surface area contributed by atoms with Crippen LogP contribution >= 0.6 is 11.5 Å². The molecule has 3 rings (SSSR count). The molecule has 0 spiro atoms. The molecule has 0 radical (unpaired) electrons. The lowest BCUT2D eigenvalue weighted by Crippen LogP contribution is -2.29. The number of hydrogen-bond acceptors (Lipinski definition) is 6. The summed E-state index contributed by atoms with van der Waals surface area (Å²) in [5.74, 6) is 5.84. The summed E-state index contributed by atoms with van der Waals surface area (Å²) < 4.78 is 4.10. The third-order valence-corrected chi connectivity index (χ3v) is 4.36. The minimum Gasteiger partial charge on any atom is -0.271 e. The molecule has 3 aromatic rings. The summed E-state index contributed by atoms with van der Waals surface area (Å²) in [6.45, 7) is 2.14. The van der Waals surface area contributed by atoms with Crippen molar-refractivity contribution in [3.8, 4) is 0 Å². The summed E-state index contributed by atoms with van der Waals surface area (Å²) >= 11 is 1.41. The normalized spacial score (nSPS) is 12.7. The van der Waals surface area contributed by atoms with Crippen molar-refractivity contribution in [3.05, 3.63) is 52.8 Å². The maximum atomic E-state index is 5.84. The molecule has 21 heavy (non-hydrogen) atoms. The number of nitrogens with zero attached hydrogens (tertiary/aromatic N) is 3. The van der Waals surface area contributed by atoms with Crippen molar-refractivity contribution in [2.45, 2.75) is 25.8 Å². The number of pyridine rings is 1. The summed E-state index contributed by atoms with van der Waals surface area (Å²) in [4.78, 5) is 5.26. The van der Waals surface area contributed by atoms with Crippen molar-refractivity contribution in [2.75, 3.05) is 0 Å². The highest BCUT2D eigenvalue weighted by atomic mass is 32.1. The summed E-state index contributed by atoms with van der Waals surface area (Å²) in [5.41, 5.74) is 5.07. The molecule has 0 saturated carbocycles. The van der Waals surface area contributed by atoms with E-state index in [1.54, 1.807) is 6.20 Å². The van der Waals surface area contributed by atoms with E-state index in [1.807, 2.05) is 18.3 Å². The maximum Gasteiger partial charge on any atom is 0.0843 e. The van der Waals surface area contributed by atoms with Crippen LogP contribution in [0.5, 0.6) is 0 Å². The Balaban J connectivity index is 2.12. The zero-order chi connectivity index (χ0) is 14.7. The van der Waals surface area contributed by atoms with E-state index in [0.29, 0.717) is 0 Å². The van der Waals surface area contributed by atoms with Gasteiger partial charge in [0.2, 0.25) is 0 Å². The first-order valence-corrected chi connectivity index (χ1v) is 7.72. The van der Waals surface area contributed by atoms with Crippen LogP contribution in [-0.4, -0.2) is 14.6 Å². The van der Waals surface area contributed by atoms with Gasteiger partial charge in [0, 0.05) is 17.8 Å². The number of aryl methyl sites for hydroxylation is 1. The molecule has 2 aromatic heterocycles. The van der Waals surface area contributed by atoms with Crippen LogP contribution in [0.1, 0.15) is 35.5 Å². The maximum absolute atomic E-state index is 5.84. The second-order valence-electron chi connectivity index (χ2n) is 4.88. The van der Waals surface area contributed by atoms with E-state index in [2.05, 4.69) is 39.1 Å². The standard InChI is InChI=1S/C15H17N5S/c1-2-4-13-15(21-20-19-13)14(18-16)12-6-3-5-10-9-17-8-7-11(10)12/h3,5-9,14,18H,2,4,16H2,1H3. The Hall–Kier alpha value is -1.89. The van der Waals surface area contributed by atoms with Crippen molar-refractivity contribution in [2.24, 2.45) is 5.84 Å². The van der Waals surface area contributed by atoms with Crippen LogP contribution in [0.15, 0.2) is 36.7 Å². The predicted molar refractivity (Wildman–Crippen MR) is 84.8 cm³/mol. The van der Waals surface area contributed by atoms with E-state index in [4.69, 9.17) is 5.84 Å². The number of nitrogens with two attached hydrogens (primary N) is 1. The Bertz CT molecular complexity index is 734. The van der Waals surface area contributed by atoms with E-state index in [-0.39, 0.29) is 6.04 Å². The Kier molecular flexibility index (Phi) is 4.19. The van der Waals surface area contributed by atoms with Gasteiger partial charge in [0.25, 0.3) is 0 Å². The highest BCUT2D eigenvalue weighted by Gasteiger charge is 2.21. The Morgan fingerprint density at radius 2 is 2.24 bits per heavy atom. The molecule has 5 nitrogen and oxygen atoms in total. The predicted octanol–water partition coefficient (Wildman–Crippen LogP) is 2.59. The first kappa shape index (κ1) is 14.1. The van der Waals surface area contributed by atoms with Crippen LogP contribution in [0.4, 0.5) is 0 Å². The lowest BCUT2D eigenvalue weighted by molar-refractivity contribution is 0.640. The van der Waals surface area contributed by atoms with Crippen molar-refractivity contribution in [1.82, 2.24) is 20.0 Å². The minimum atomic E-state index is -0.0994. The van der Waals surface area contributed by atoms with Crippen LogP contribution in [-0.2, 0) is 6.42 Å². The first-order valence-electron chi connectivity index (χ1n) is 6.95. The highest BCUT2D eigenvalue weighted by Crippen LogP contribution is 2.31. The smallest absolute Gasteiger partial charge is 0.0843 e. The van der Waals surface area contributed by atoms with Crippen LogP contribution in [0.2, 0.25) is 0 Å². The molecule has 1 unspecified atom stereocenters. The number of hydrazine groups is 1. The summed E-state index contributed by atoms with van der Waals surface area (Å²) in [7, 11) is 0. The van der Waals surface area contributed by atoms with Gasteiger partial charge >= 0.3 is 0 Å². The average Bonchev–Trinajstić information content (AvgIpc) is 2.97. The molecule has 0 aliphatic carbocycles. The zero-order valence-corrected chi connectivity index (χ0v) is 12.6.